The molecule has 2 nitrogen and oxygen atoms in total. The molecule has 1 atom stereocenters. The normalized spacial score (nSPS) is 12.3. The molecule has 0 aliphatic heterocycles. The number of aryl methyl sites for hydroxylation is 2. The number of thiazole rings is 1. The fourth-order valence-electron chi connectivity index (χ4n) is 2.52. The second-order valence-corrected chi connectivity index (χ2v) is 6.65. The smallest absolute Gasteiger partial charge is 0.110 e. The van der Waals surface area contributed by atoms with Crippen molar-refractivity contribution in [2.75, 3.05) is 7.05 Å². The van der Waals surface area contributed by atoms with Crippen molar-refractivity contribution < 1.29 is 0 Å². The summed E-state index contributed by atoms with van der Waals surface area (Å²) in [5.41, 5.74) is 5.03. The van der Waals surface area contributed by atoms with Crippen LogP contribution in [-0.2, 0) is 12.8 Å². The van der Waals surface area contributed by atoms with Crippen LogP contribution < -0.4 is 5.32 Å². The predicted molar refractivity (Wildman–Crippen MR) is 98.9 cm³/mol. The van der Waals surface area contributed by atoms with E-state index >= 15 is 0 Å². The first-order chi connectivity index (χ1) is 11.3. The molecule has 23 heavy (non-hydrogen) atoms. The molecule has 118 valence electrons. The molecule has 0 aliphatic rings. The molecule has 3 aromatic rings. The standard InChI is InChI=1S/C20H22N2S/c1-15(21-2)20-22-19(14-23-20)18-12-10-17(11-13-18)9-8-16-6-4-3-5-7-16/h3-7,10-15,21H,8-9H2,1-2H3. The lowest BCUT2D eigenvalue weighted by molar-refractivity contribution is 0.648. The van der Waals surface area contributed by atoms with E-state index in [4.69, 9.17) is 4.98 Å². The summed E-state index contributed by atoms with van der Waals surface area (Å²) in [6.45, 7) is 2.13. The lowest BCUT2D eigenvalue weighted by atomic mass is 10.0. The Morgan fingerprint density at radius 2 is 1.61 bits per heavy atom. The molecule has 0 spiro atoms. The van der Waals surface area contributed by atoms with Gasteiger partial charge in [-0.25, -0.2) is 4.98 Å². The van der Waals surface area contributed by atoms with E-state index in [2.05, 4.69) is 72.2 Å². The van der Waals surface area contributed by atoms with Gasteiger partial charge in [0.05, 0.1) is 11.7 Å². The van der Waals surface area contributed by atoms with E-state index in [0.717, 1.165) is 23.5 Å². The molecule has 3 heteroatoms. The molecule has 1 unspecified atom stereocenters. The Morgan fingerprint density at radius 3 is 2.26 bits per heavy atom. The second-order valence-electron chi connectivity index (χ2n) is 5.76. The van der Waals surface area contributed by atoms with Gasteiger partial charge in [-0.1, -0.05) is 54.6 Å². The summed E-state index contributed by atoms with van der Waals surface area (Å²) in [6.07, 6.45) is 2.16. The van der Waals surface area contributed by atoms with E-state index in [1.807, 2.05) is 7.05 Å². The van der Waals surface area contributed by atoms with Gasteiger partial charge >= 0.3 is 0 Å². The number of nitrogens with one attached hydrogen (secondary N) is 1. The van der Waals surface area contributed by atoms with E-state index in [9.17, 15) is 0 Å². The van der Waals surface area contributed by atoms with Crippen molar-refractivity contribution in [3.8, 4) is 11.3 Å². The molecular weight excluding hydrogens is 300 g/mol. The second kappa shape index (κ2) is 7.53. The molecule has 1 heterocycles. The summed E-state index contributed by atoms with van der Waals surface area (Å²) >= 11 is 1.72. The van der Waals surface area contributed by atoms with Crippen molar-refractivity contribution in [3.63, 3.8) is 0 Å². The first-order valence-corrected chi connectivity index (χ1v) is 8.90. The zero-order chi connectivity index (χ0) is 16.1. The van der Waals surface area contributed by atoms with Crippen LogP contribution in [0, 0.1) is 0 Å². The summed E-state index contributed by atoms with van der Waals surface area (Å²) in [5.74, 6) is 0. The minimum absolute atomic E-state index is 0.305. The maximum Gasteiger partial charge on any atom is 0.110 e. The highest BCUT2D eigenvalue weighted by Gasteiger charge is 2.09. The fourth-order valence-corrected chi connectivity index (χ4v) is 3.41. The quantitative estimate of drug-likeness (QED) is 0.700. The van der Waals surface area contributed by atoms with Crippen LogP contribution in [0.25, 0.3) is 11.3 Å². The Morgan fingerprint density at radius 1 is 0.957 bits per heavy atom. The van der Waals surface area contributed by atoms with Gasteiger partial charge in [-0.15, -0.1) is 11.3 Å². The third-order valence-electron chi connectivity index (χ3n) is 4.12. The van der Waals surface area contributed by atoms with Crippen molar-refractivity contribution in [1.82, 2.24) is 10.3 Å². The monoisotopic (exact) mass is 322 g/mol. The number of aromatic nitrogens is 1. The summed E-state index contributed by atoms with van der Waals surface area (Å²) in [7, 11) is 1.97. The Balaban J connectivity index is 1.66. The molecule has 0 aliphatic carbocycles. The van der Waals surface area contributed by atoms with Crippen molar-refractivity contribution in [3.05, 3.63) is 76.1 Å². The lowest BCUT2D eigenvalue weighted by Gasteiger charge is -2.05. The zero-order valence-corrected chi connectivity index (χ0v) is 14.4. The average Bonchev–Trinajstić information content (AvgIpc) is 3.11. The van der Waals surface area contributed by atoms with Crippen LogP contribution in [0.2, 0.25) is 0 Å². The predicted octanol–water partition coefficient (Wildman–Crippen LogP) is 4.88. The fraction of sp³-hybridized carbons (Fsp3) is 0.250. The van der Waals surface area contributed by atoms with Crippen molar-refractivity contribution in [2.45, 2.75) is 25.8 Å². The molecule has 1 N–H and O–H groups in total. The van der Waals surface area contributed by atoms with E-state index < -0.39 is 0 Å². The van der Waals surface area contributed by atoms with Gasteiger partial charge in [-0.05, 0) is 37.9 Å². The molecule has 2 aromatic carbocycles. The van der Waals surface area contributed by atoms with E-state index in [0.29, 0.717) is 6.04 Å². The Bertz CT molecular complexity index is 732. The highest BCUT2D eigenvalue weighted by atomic mass is 32.1. The maximum atomic E-state index is 4.73. The summed E-state index contributed by atoms with van der Waals surface area (Å²) < 4.78 is 0. The molecule has 0 bridgehead atoms. The lowest BCUT2D eigenvalue weighted by Crippen LogP contribution is -2.11. The Labute approximate surface area is 142 Å². The molecule has 0 saturated carbocycles. The highest BCUT2D eigenvalue weighted by Crippen LogP contribution is 2.25. The number of hydrogen-bond donors (Lipinski definition) is 1. The molecule has 0 amide bonds. The molecule has 0 saturated heterocycles. The Kier molecular flexibility index (Phi) is 5.21. The number of nitrogens with zero attached hydrogens (tertiary/aromatic N) is 1. The molecule has 1 aromatic heterocycles. The molecule has 0 fully saturated rings. The molecule has 0 radical (unpaired) electrons. The van der Waals surface area contributed by atoms with Crippen molar-refractivity contribution in [1.29, 1.82) is 0 Å². The van der Waals surface area contributed by atoms with Crippen molar-refractivity contribution in [2.24, 2.45) is 0 Å². The van der Waals surface area contributed by atoms with Gasteiger partial charge < -0.3 is 5.32 Å². The highest BCUT2D eigenvalue weighted by molar-refractivity contribution is 7.10. The maximum absolute atomic E-state index is 4.73. The molecule has 3 rings (SSSR count). The van der Waals surface area contributed by atoms with Crippen LogP contribution in [0.4, 0.5) is 0 Å². The minimum atomic E-state index is 0.305. The van der Waals surface area contributed by atoms with Crippen molar-refractivity contribution >= 4 is 11.3 Å². The SMILES string of the molecule is CNC(C)c1nc(-c2ccc(CCc3ccccc3)cc2)cs1. The summed E-state index contributed by atoms with van der Waals surface area (Å²) in [5, 5.41) is 6.51. The van der Waals surface area contributed by atoms with E-state index in [-0.39, 0.29) is 0 Å². The third-order valence-corrected chi connectivity index (χ3v) is 5.15. The van der Waals surface area contributed by atoms with Gasteiger partial charge in [0.2, 0.25) is 0 Å². The first-order valence-electron chi connectivity index (χ1n) is 8.02. The molecular formula is C20H22N2S. The van der Waals surface area contributed by atoms with Gasteiger partial charge in [0, 0.05) is 10.9 Å². The van der Waals surface area contributed by atoms with E-state index in [1.54, 1.807) is 11.3 Å². The summed E-state index contributed by atoms with van der Waals surface area (Å²) in [4.78, 5) is 4.73. The van der Waals surface area contributed by atoms with Gasteiger partial charge in [-0.2, -0.15) is 0 Å². The Hall–Kier alpha value is -1.97. The number of rotatable bonds is 6. The van der Waals surface area contributed by atoms with Gasteiger partial charge in [0.1, 0.15) is 5.01 Å². The van der Waals surface area contributed by atoms with E-state index in [1.165, 1.54) is 16.7 Å². The third kappa shape index (κ3) is 4.06. The number of benzene rings is 2. The topological polar surface area (TPSA) is 24.9 Å². The van der Waals surface area contributed by atoms with Gasteiger partial charge in [0.15, 0.2) is 0 Å². The number of hydrogen-bond acceptors (Lipinski definition) is 3. The van der Waals surface area contributed by atoms with Crippen LogP contribution in [0.5, 0.6) is 0 Å². The van der Waals surface area contributed by atoms with Crippen LogP contribution >= 0.6 is 11.3 Å². The van der Waals surface area contributed by atoms with Gasteiger partial charge in [0.25, 0.3) is 0 Å². The van der Waals surface area contributed by atoms with Gasteiger partial charge in [-0.3, -0.25) is 0 Å². The van der Waals surface area contributed by atoms with Crippen LogP contribution in [0.15, 0.2) is 60.0 Å². The largest absolute Gasteiger partial charge is 0.311 e. The summed E-state index contributed by atoms with van der Waals surface area (Å²) in [6, 6.07) is 19.8. The van der Waals surface area contributed by atoms with Crippen LogP contribution in [0.3, 0.4) is 0 Å². The van der Waals surface area contributed by atoms with Crippen LogP contribution in [0.1, 0.15) is 29.1 Å². The van der Waals surface area contributed by atoms with Crippen LogP contribution in [-0.4, -0.2) is 12.0 Å². The average molecular weight is 322 g/mol. The first kappa shape index (κ1) is 15.9. The zero-order valence-electron chi connectivity index (χ0n) is 13.6. The minimum Gasteiger partial charge on any atom is -0.311 e.